The minimum absolute atomic E-state index is 0.0112. The van der Waals surface area contributed by atoms with Crippen molar-refractivity contribution in [2.75, 3.05) is 20.2 Å². The van der Waals surface area contributed by atoms with Crippen LogP contribution in [0.15, 0.2) is 24.3 Å². The van der Waals surface area contributed by atoms with Crippen molar-refractivity contribution in [2.24, 2.45) is 0 Å². The lowest BCUT2D eigenvalue weighted by atomic mass is 10.1. The summed E-state index contributed by atoms with van der Waals surface area (Å²) in [7, 11) is 1.89. The summed E-state index contributed by atoms with van der Waals surface area (Å²) < 4.78 is 18.5. The van der Waals surface area contributed by atoms with Crippen molar-refractivity contribution >= 4 is 0 Å². The van der Waals surface area contributed by atoms with Gasteiger partial charge in [-0.1, -0.05) is 25.5 Å². The number of benzene rings is 1. The van der Waals surface area contributed by atoms with Gasteiger partial charge in [0.2, 0.25) is 0 Å². The van der Waals surface area contributed by atoms with Crippen LogP contribution >= 0.6 is 0 Å². The lowest BCUT2D eigenvalue weighted by molar-refractivity contribution is 0.0519. The molecule has 1 rings (SSSR count). The second kappa shape index (κ2) is 7.36. The highest BCUT2D eigenvalue weighted by molar-refractivity contribution is 5.19. The fraction of sp³-hybridized carbons (Fsp3) is 0.538. The van der Waals surface area contributed by atoms with Gasteiger partial charge < -0.3 is 10.1 Å². The monoisotopic (exact) mass is 225 g/mol. The van der Waals surface area contributed by atoms with E-state index in [0.717, 1.165) is 31.6 Å². The number of hydrogen-bond donors (Lipinski definition) is 1. The molecule has 90 valence electrons. The van der Waals surface area contributed by atoms with E-state index < -0.39 is 0 Å². The van der Waals surface area contributed by atoms with E-state index in [1.54, 1.807) is 12.1 Å². The number of rotatable bonds is 7. The van der Waals surface area contributed by atoms with E-state index in [1.165, 1.54) is 12.1 Å². The zero-order valence-corrected chi connectivity index (χ0v) is 10.0. The Balaban J connectivity index is 2.57. The summed E-state index contributed by atoms with van der Waals surface area (Å²) in [4.78, 5) is 0. The van der Waals surface area contributed by atoms with Crippen LogP contribution in [0, 0.1) is 5.82 Å². The minimum atomic E-state index is -0.208. The Morgan fingerprint density at radius 3 is 2.56 bits per heavy atom. The maximum absolute atomic E-state index is 12.8. The van der Waals surface area contributed by atoms with Crippen LogP contribution in [0.25, 0.3) is 0 Å². The lowest BCUT2D eigenvalue weighted by Gasteiger charge is -2.17. The fourth-order valence-corrected chi connectivity index (χ4v) is 1.51. The molecule has 0 radical (unpaired) electrons. The Morgan fingerprint density at radius 1 is 1.31 bits per heavy atom. The maximum atomic E-state index is 12.8. The van der Waals surface area contributed by atoms with Crippen molar-refractivity contribution in [3.8, 4) is 0 Å². The number of unbranched alkanes of at least 4 members (excludes halogenated alkanes) is 1. The Labute approximate surface area is 96.8 Å². The zero-order valence-electron chi connectivity index (χ0n) is 10.0. The molecular weight excluding hydrogens is 205 g/mol. The summed E-state index contributed by atoms with van der Waals surface area (Å²) >= 11 is 0. The number of likely N-dealkylation sites (N-methyl/N-ethyl adjacent to an activating group) is 1. The molecule has 0 saturated heterocycles. The molecule has 0 aliphatic carbocycles. The van der Waals surface area contributed by atoms with Gasteiger partial charge in [-0.25, -0.2) is 4.39 Å². The van der Waals surface area contributed by atoms with E-state index in [0.29, 0.717) is 0 Å². The van der Waals surface area contributed by atoms with E-state index in [-0.39, 0.29) is 11.9 Å². The normalized spacial score (nSPS) is 12.7. The minimum Gasteiger partial charge on any atom is -0.372 e. The van der Waals surface area contributed by atoms with E-state index in [9.17, 15) is 4.39 Å². The van der Waals surface area contributed by atoms with Crippen LogP contribution in [0.4, 0.5) is 4.39 Å². The van der Waals surface area contributed by atoms with Gasteiger partial charge in [0.15, 0.2) is 0 Å². The van der Waals surface area contributed by atoms with Gasteiger partial charge in [0.05, 0.1) is 6.10 Å². The second-order valence-corrected chi connectivity index (χ2v) is 3.82. The number of hydrogen-bond acceptors (Lipinski definition) is 2. The molecule has 1 unspecified atom stereocenters. The molecule has 1 atom stereocenters. The second-order valence-electron chi connectivity index (χ2n) is 3.82. The molecule has 16 heavy (non-hydrogen) atoms. The van der Waals surface area contributed by atoms with E-state index >= 15 is 0 Å². The summed E-state index contributed by atoms with van der Waals surface area (Å²) in [5.41, 5.74) is 1.02. The fourth-order valence-electron chi connectivity index (χ4n) is 1.51. The Bertz CT molecular complexity index is 286. The highest BCUT2D eigenvalue weighted by atomic mass is 19.1. The SMILES string of the molecule is CCCCOC(CNC)c1ccc(F)cc1. The average molecular weight is 225 g/mol. The highest BCUT2D eigenvalue weighted by Crippen LogP contribution is 2.17. The lowest BCUT2D eigenvalue weighted by Crippen LogP contribution is -2.20. The molecule has 0 bridgehead atoms. The number of nitrogens with one attached hydrogen (secondary N) is 1. The largest absolute Gasteiger partial charge is 0.372 e. The molecule has 0 aliphatic heterocycles. The van der Waals surface area contributed by atoms with Crippen LogP contribution in [0.2, 0.25) is 0 Å². The topological polar surface area (TPSA) is 21.3 Å². The van der Waals surface area contributed by atoms with E-state index in [4.69, 9.17) is 4.74 Å². The quantitative estimate of drug-likeness (QED) is 0.720. The summed E-state index contributed by atoms with van der Waals surface area (Å²) in [6.07, 6.45) is 2.19. The molecule has 0 fully saturated rings. The third kappa shape index (κ3) is 4.29. The molecule has 2 nitrogen and oxygen atoms in total. The van der Waals surface area contributed by atoms with Crippen LogP contribution in [-0.4, -0.2) is 20.2 Å². The molecule has 1 N–H and O–H groups in total. The van der Waals surface area contributed by atoms with Gasteiger partial charge in [-0.05, 0) is 31.2 Å². The van der Waals surface area contributed by atoms with E-state index in [2.05, 4.69) is 12.2 Å². The van der Waals surface area contributed by atoms with Crippen LogP contribution in [0.5, 0.6) is 0 Å². The van der Waals surface area contributed by atoms with Gasteiger partial charge in [-0.15, -0.1) is 0 Å². The first-order valence-electron chi connectivity index (χ1n) is 5.79. The molecule has 0 aromatic heterocycles. The summed E-state index contributed by atoms with van der Waals surface area (Å²) in [6.45, 7) is 3.63. The van der Waals surface area contributed by atoms with Crippen molar-refractivity contribution in [3.05, 3.63) is 35.6 Å². The van der Waals surface area contributed by atoms with Crippen molar-refractivity contribution < 1.29 is 9.13 Å². The summed E-state index contributed by atoms with van der Waals surface area (Å²) in [5, 5.41) is 3.09. The third-order valence-corrected chi connectivity index (χ3v) is 2.45. The molecule has 0 amide bonds. The molecule has 1 aromatic rings. The van der Waals surface area contributed by atoms with Gasteiger partial charge in [0.1, 0.15) is 5.82 Å². The molecule has 0 heterocycles. The van der Waals surface area contributed by atoms with Crippen molar-refractivity contribution in [1.29, 1.82) is 0 Å². The van der Waals surface area contributed by atoms with Crippen LogP contribution in [0.3, 0.4) is 0 Å². The predicted molar refractivity (Wildman–Crippen MR) is 63.9 cm³/mol. The zero-order chi connectivity index (χ0) is 11.8. The van der Waals surface area contributed by atoms with Crippen LogP contribution in [-0.2, 0) is 4.74 Å². The first kappa shape index (κ1) is 13.1. The molecule has 3 heteroatoms. The predicted octanol–water partition coefficient (Wildman–Crippen LogP) is 2.90. The van der Waals surface area contributed by atoms with Gasteiger partial charge in [-0.3, -0.25) is 0 Å². The summed E-state index contributed by atoms with van der Waals surface area (Å²) in [6, 6.07) is 6.51. The molecule has 1 aromatic carbocycles. The number of halogens is 1. The van der Waals surface area contributed by atoms with Crippen LogP contribution in [0.1, 0.15) is 31.4 Å². The Kier molecular flexibility index (Phi) is 6.04. The standard InChI is InChI=1S/C13H20FNO/c1-3-4-9-16-13(10-15-2)11-5-7-12(14)8-6-11/h5-8,13,15H,3-4,9-10H2,1-2H3. The van der Waals surface area contributed by atoms with Crippen molar-refractivity contribution in [3.63, 3.8) is 0 Å². The van der Waals surface area contributed by atoms with Crippen LogP contribution < -0.4 is 5.32 Å². The number of ether oxygens (including phenoxy) is 1. The van der Waals surface area contributed by atoms with Gasteiger partial charge in [0.25, 0.3) is 0 Å². The first-order chi connectivity index (χ1) is 7.77. The summed E-state index contributed by atoms with van der Waals surface area (Å²) in [5.74, 6) is -0.208. The molecule has 0 aliphatic rings. The van der Waals surface area contributed by atoms with Crippen molar-refractivity contribution in [2.45, 2.75) is 25.9 Å². The van der Waals surface area contributed by atoms with E-state index in [1.807, 2.05) is 7.05 Å². The molecule has 0 saturated carbocycles. The maximum Gasteiger partial charge on any atom is 0.123 e. The van der Waals surface area contributed by atoms with Crippen molar-refractivity contribution in [1.82, 2.24) is 5.32 Å². The smallest absolute Gasteiger partial charge is 0.123 e. The molecular formula is C13H20FNO. The highest BCUT2D eigenvalue weighted by Gasteiger charge is 2.10. The first-order valence-corrected chi connectivity index (χ1v) is 5.79. The van der Waals surface area contributed by atoms with Gasteiger partial charge >= 0.3 is 0 Å². The molecule has 0 spiro atoms. The average Bonchev–Trinajstić information content (AvgIpc) is 2.29. The van der Waals surface area contributed by atoms with Gasteiger partial charge in [-0.2, -0.15) is 0 Å². The Hall–Kier alpha value is -0.930. The Morgan fingerprint density at radius 2 is 2.00 bits per heavy atom. The van der Waals surface area contributed by atoms with Gasteiger partial charge in [0, 0.05) is 13.2 Å². The third-order valence-electron chi connectivity index (χ3n) is 2.45.